The Bertz CT molecular complexity index is 1470. The molecule has 1 fully saturated rings. The third kappa shape index (κ3) is 8.85. The second kappa shape index (κ2) is 14.7. The fourth-order valence-corrected chi connectivity index (χ4v) is 4.74. The number of carbonyl (C=O) groups is 2. The fraction of sp³-hybridized carbons (Fsp3) is 0.400. The predicted molar refractivity (Wildman–Crippen MR) is 164 cm³/mol. The number of halogens is 1. The Hall–Kier alpha value is -4.29. The molecule has 2 amide bonds. The van der Waals surface area contributed by atoms with Crippen molar-refractivity contribution in [3.63, 3.8) is 0 Å². The van der Waals surface area contributed by atoms with Crippen molar-refractivity contribution in [2.45, 2.75) is 40.0 Å². The molecule has 43 heavy (non-hydrogen) atoms. The number of piperazine rings is 1. The zero-order chi connectivity index (χ0) is 30.9. The number of aromatic amines is 1. The van der Waals surface area contributed by atoms with Crippen molar-refractivity contribution in [2.75, 3.05) is 50.5 Å². The SMILES string of the molecule is COc1ccc(CNc2c(OC(C)C)n[nH]c(=O)c2Cl)cc1OCC(=O)N1CCN(Cc2ccc(NC(C)=O)cc2)CC1. The lowest BCUT2D eigenvalue weighted by atomic mass is 10.1. The van der Waals surface area contributed by atoms with E-state index in [4.69, 9.17) is 25.8 Å². The number of amides is 2. The number of benzene rings is 2. The minimum Gasteiger partial charge on any atom is -0.493 e. The first kappa shape index (κ1) is 31.6. The van der Waals surface area contributed by atoms with Crippen molar-refractivity contribution >= 4 is 34.8 Å². The van der Waals surface area contributed by atoms with Gasteiger partial charge in [-0.05, 0) is 49.2 Å². The summed E-state index contributed by atoms with van der Waals surface area (Å²) < 4.78 is 17.0. The van der Waals surface area contributed by atoms with Crippen LogP contribution in [0.2, 0.25) is 5.02 Å². The normalized spacial score (nSPS) is 13.5. The number of ether oxygens (including phenoxy) is 3. The van der Waals surface area contributed by atoms with Crippen molar-refractivity contribution in [1.29, 1.82) is 0 Å². The first-order valence-corrected chi connectivity index (χ1v) is 14.4. The second-order valence-corrected chi connectivity index (χ2v) is 10.8. The van der Waals surface area contributed by atoms with E-state index in [2.05, 4.69) is 25.7 Å². The van der Waals surface area contributed by atoms with Gasteiger partial charge >= 0.3 is 0 Å². The van der Waals surface area contributed by atoms with Crippen LogP contribution in [0.1, 0.15) is 31.9 Å². The number of hydrogen-bond donors (Lipinski definition) is 3. The molecular weight excluding hydrogens is 576 g/mol. The molecule has 12 nitrogen and oxygen atoms in total. The van der Waals surface area contributed by atoms with Crippen LogP contribution in [0.4, 0.5) is 11.4 Å². The summed E-state index contributed by atoms with van der Waals surface area (Å²) in [5.41, 5.74) is 2.46. The molecule has 0 radical (unpaired) electrons. The van der Waals surface area contributed by atoms with Crippen LogP contribution < -0.4 is 30.4 Å². The Morgan fingerprint density at radius 3 is 2.40 bits per heavy atom. The van der Waals surface area contributed by atoms with Gasteiger partial charge in [0.15, 0.2) is 18.1 Å². The summed E-state index contributed by atoms with van der Waals surface area (Å²) in [6.45, 7) is 8.76. The van der Waals surface area contributed by atoms with Crippen LogP contribution in [-0.4, -0.2) is 77.8 Å². The van der Waals surface area contributed by atoms with E-state index in [1.807, 2.05) is 44.2 Å². The molecule has 2 aromatic carbocycles. The maximum atomic E-state index is 13.0. The lowest BCUT2D eigenvalue weighted by Gasteiger charge is -2.34. The number of nitrogens with one attached hydrogen (secondary N) is 3. The average molecular weight is 613 g/mol. The maximum absolute atomic E-state index is 13.0. The number of H-pyrrole nitrogens is 1. The van der Waals surface area contributed by atoms with Gasteiger partial charge in [0.05, 0.1) is 13.2 Å². The van der Waals surface area contributed by atoms with E-state index in [0.717, 1.165) is 36.4 Å². The van der Waals surface area contributed by atoms with Crippen molar-refractivity contribution in [3.8, 4) is 17.4 Å². The van der Waals surface area contributed by atoms with Crippen LogP contribution in [-0.2, 0) is 22.7 Å². The Balaban J connectivity index is 1.30. The summed E-state index contributed by atoms with van der Waals surface area (Å²) in [6.07, 6.45) is -0.175. The van der Waals surface area contributed by atoms with E-state index in [1.54, 1.807) is 17.0 Å². The van der Waals surface area contributed by atoms with Crippen LogP contribution in [0.3, 0.4) is 0 Å². The number of carbonyl (C=O) groups excluding carboxylic acids is 2. The molecule has 3 aromatic rings. The molecule has 0 aliphatic carbocycles. The molecule has 230 valence electrons. The van der Waals surface area contributed by atoms with Gasteiger partial charge in [-0.3, -0.25) is 19.3 Å². The van der Waals surface area contributed by atoms with Gasteiger partial charge in [-0.15, -0.1) is 5.10 Å². The average Bonchev–Trinajstić information content (AvgIpc) is 2.98. The van der Waals surface area contributed by atoms with E-state index < -0.39 is 5.56 Å². The second-order valence-electron chi connectivity index (χ2n) is 10.4. The van der Waals surface area contributed by atoms with Crippen molar-refractivity contribution in [1.82, 2.24) is 20.0 Å². The van der Waals surface area contributed by atoms with Gasteiger partial charge in [0.2, 0.25) is 5.91 Å². The lowest BCUT2D eigenvalue weighted by molar-refractivity contribution is -0.135. The van der Waals surface area contributed by atoms with Gasteiger partial charge in [0, 0.05) is 51.9 Å². The van der Waals surface area contributed by atoms with Crippen LogP contribution in [0.5, 0.6) is 17.4 Å². The minimum absolute atomic E-state index is 0.0544. The number of aromatic nitrogens is 2. The minimum atomic E-state index is -0.532. The third-order valence-corrected chi connectivity index (χ3v) is 7.05. The standard InChI is InChI=1S/C30H37ClN6O6/c1-19(2)43-30-28(27(31)29(40)34-35-30)32-16-22-7-10-24(41-4)25(15-22)42-18-26(39)37-13-11-36(12-14-37)17-21-5-8-23(9-6-21)33-20(3)38/h5-10,15,19H,11-14,16-18H2,1-4H3,(H,33,38)(H2,32,34,40). The highest BCUT2D eigenvalue weighted by atomic mass is 35.5. The monoisotopic (exact) mass is 612 g/mol. The first-order valence-electron chi connectivity index (χ1n) is 14.0. The zero-order valence-corrected chi connectivity index (χ0v) is 25.5. The van der Waals surface area contributed by atoms with Crippen LogP contribution in [0.25, 0.3) is 0 Å². The summed E-state index contributed by atoms with van der Waals surface area (Å²) in [4.78, 5) is 40.3. The van der Waals surface area contributed by atoms with Crippen molar-refractivity contribution in [2.24, 2.45) is 0 Å². The van der Waals surface area contributed by atoms with E-state index in [0.29, 0.717) is 24.6 Å². The molecule has 4 rings (SSSR count). The van der Waals surface area contributed by atoms with Gasteiger partial charge in [-0.1, -0.05) is 29.8 Å². The number of nitrogens with zero attached hydrogens (tertiary/aromatic N) is 3. The summed E-state index contributed by atoms with van der Waals surface area (Å²) in [7, 11) is 1.53. The molecule has 0 unspecified atom stereocenters. The molecule has 13 heteroatoms. The Morgan fingerprint density at radius 1 is 1.05 bits per heavy atom. The molecule has 0 atom stereocenters. The molecule has 1 aromatic heterocycles. The van der Waals surface area contributed by atoms with E-state index in [-0.39, 0.29) is 47.7 Å². The van der Waals surface area contributed by atoms with Gasteiger partial charge in [-0.2, -0.15) is 0 Å². The van der Waals surface area contributed by atoms with Gasteiger partial charge in [-0.25, -0.2) is 5.10 Å². The molecule has 1 aliphatic rings. The van der Waals surface area contributed by atoms with Crippen LogP contribution in [0.15, 0.2) is 47.3 Å². The number of methoxy groups -OCH3 is 1. The third-order valence-electron chi connectivity index (χ3n) is 6.69. The largest absolute Gasteiger partial charge is 0.493 e. The Morgan fingerprint density at radius 2 is 1.74 bits per heavy atom. The molecule has 1 aliphatic heterocycles. The summed E-state index contributed by atoms with van der Waals surface area (Å²) in [6, 6.07) is 13.1. The van der Waals surface area contributed by atoms with Gasteiger partial charge in [0.25, 0.3) is 17.3 Å². The van der Waals surface area contributed by atoms with Crippen molar-refractivity contribution in [3.05, 3.63) is 69.0 Å². The first-order chi connectivity index (χ1) is 20.6. The highest BCUT2D eigenvalue weighted by molar-refractivity contribution is 6.33. The smallest absolute Gasteiger partial charge is 0.285 e. The van der Waals surface area contributed by atoms with E-state index in [9.17, 15) is 14.4 Å². The highest BCUT2D eigenvalue weighted by Crippen LogP contribution is 2.31. The number of anilines is 2. The van der Waals surface area contributed by atoms with E-state index >= 15 is 0 Å². The zero-order valence-electron chi connectivity index (χ0n) is 24.7. The molecule has 2 heterocycles. The summed E-state index contributed by atoms with van der Waals surface area (Å²) in [5, 5.41) is 12.1. The molecule has 0 saturated carbocycles. The molecule has 3 N–H and O–H groups in total. The number of hydrogen-bond acceptors (Lipinski definition) is 9. The lowest BCUT2D eigenvalue weighted by Crippen LogP contribution is -2.49. The highest BCUT2D eigenvalue weighted by Gasteiger charge is 2.22. The van der Waals surface area contributed by atoms with Crippen molar-refractivity contribution < 1.29 is 23.8 Å². The molecule has 0 bridgehead atoms. The summed E-state index contributed by atoms with van der Waals surface area (Å²) >= 11 is 6.23. The number of rotatable bonds is 12. The van der Waals surface area contributed by atoms with Crippen LogP contribution >= 0.6 is 11.6 Å². The summed E-state index contributed by atoms with van der Waals surface area (Å²) in [5.74, 6) is 0.893. The molecule has 0 spiro atoms. The molecule has 1 saturated heterocycles. The van der Waals surface area contributed by atoms with Crippen LogP contribution in [0, 0.1) is 0 Å². The predicted octanol–water partition coefficient (Wildman–Crippen LogP) is 3.51. The van der Waals surface area contributed by atoms with Gasteiger partial charge in [0.1, 0.15) is 10.7 Å². The Kier molecular flexibility index (Phi) is 10.8. The maximum Gasteiger partial charge on any atom is 0.285 e. The van der Waals surface area contributed by atoms with Gasteiger partial charge < -0.3 is 29.7 Å². The topological polar surface area (TPSA) is 138 Å². The quantitative estimate of drug-likeness (QED) is 0.280. The van der Waals surface area contributed by atoms with E-state index in [1.165, 1.54) is 14.0 Å². The fourth-order valence-electron chi connectivity index (χ4n) is 4.55. The Labute approximate surface area is 255 Å². The molecular formula is C30H37ClN6O6.